The van der Waals surface area contributed by atoms with Gasteiger partial charge in [-0.25, -0.2) is 0 Å². The van der Waals surface area contributed by atoms with Gasteiger partial charge in [-0.2, -0.15) is 0 Å². The molecule has 0 bridgehead atoms. The summed E-state index contributed by atoms with van der Waals surface area (Å²) < 4.78 is 0. The third-order valence-electron chi connectivity index (χ3n) is 3.81. The van der Waals surface area contributed by atoms with Crippen molar-refractivity contribution in [3.8, 4) is 0 Å². The number of hydrogen-bond donors (Lipinski definition) is 1. The van der Waals surface area contributed by atoms with Crippen molar-refractivity contribution >= 4 is 5.91 Å². The minimum absolute atomic E-state index is 0.0568. The van der Waals surface area contributed by atoms with Gasteiger partial charge in [-0.3, -0.25) is 4.79 Å². The van der Waals surface area contributed by atoms with Gasteiger partial charge in [0.25, 0.3) is 0 Å². The second-order valence-electron chi connectivity index (χ2n) is 5.07. The lowest BCUT2D eigenvalue weighted by Gasteiger charge is -2.30. The van der Waals surface area contributed by atoms with E-state index >= 15 is 0 Å². The molecule has 0 fully saturated rings. The summed E-state index contributed by atoms with van der Waals surface area (Å²) in [5.74, 6) is 0.186. The minimum Gasteiger partial charge on any atom is -0.395 e. The van der Waals surface area contributed by atoms with Gasteiger partial charge in [-0.05, 0) is 38.5 Å². The number of hydrogen-bond acceptors (Lipinski definition) is 2. The van der Waals surface area contributed by atoms with Gasteiger partial charge in [0.2, 0.25) is 5.91 Å². The van der Waals surface area contributed by atoms with Crippen LogP contribution in [0.3, 0.4) is 0 Å². The number of carbonyl (C=O) groups is 1. The molecular weight excluding hydrogens is 226 g/mol. The molecule has 18 heavy (non-hydrogen) atoms. The standard InChI is InChI=1S/C15H27NO2/c1-3-14(4-2)16(10-11-17)15(18)12-13-8-6-5-7-9-13/h8,14,17H,3-7,9-12H2,1-2H3. The van der Waals surface area contributed by atoms with Crippen molar-refractivity contribution in [3.05, 3.63) is 11.6 Å². The summed E-state index contributed by atoms with van der Waals surface area (Å²) >= 11 is 0. The monoisotopic (exact) mass is 253 g/mol. The van der Waals surface area contributed by atoms with Gasteiger partial charge < -0.3 is 10.0 Å². The Morgan fingerprint density at radius 2 is 2.11 bits per heavy atom. The summed E-state index contributed by atoms with van der Waals surface area (Å²) in [6.45, 7) is 4.73. The van der Waals surface area contributed by atoms with E-state index < -0.39 is 0 Å². The van der Waals surface area contributed by atoms with Crippen LogP contribution < -0.4 is 0 Å². The van der Waals surface area contributed by atoms with Crippen molar-refractivity contribution in [1.82, 2.24) is 4.90 Å². The van der Waals surface area contributed by atoms with Crippen LogP contribution in [-0.2, 0) is 4.79 Å². The van der Waals surface area contributed by atoms with E-state index in [2.05, 4.69) is 19.9 Å². The fraction of sp³-hybridized carbons (Fsp3) is 0.800. The van der Waals surface area contributed by atoms with Crippen molar-refractivity contribution in [3.63, 3.8) is 0 Å². The number of aliphatic hydroxyl groups excluding tert-OH is 1. The van der Waals surface area contributed by atoms with Crippen LogP contribution in [0.4, 0.5) is 0 Å². The molecule has 0 radical (unpaired) electrons. The van der Waals surface area contributed by atoms with Crippen molar-refractivity contribution in [1.29, 1.82) is 0 Å². The van der Waals surface area contributed by atoms with E-state index in [1.54, 1.807) is 0 Å². The smallest absolute Gasteiger partial charge is 0.226 e. The van der Waals surface area contributed by atoms with Crippen LogP contribution in [0.1, 0.15) is 58.8 Å². The third-order valence-corrected chi connectivity index (χ3v) is 3.81. The molecule has 0 aromatic heterocycles. The second-order valence-corrected chi connectivity index (χ2v) is 5.07. The zero-order chi connectivity index (χ0) is 13.4. The Morgan fingerprint density at radius 3 is 2.61 bits per heavy atom. The number of rotatable bonds is 7. The van der Waals surface area contributed by atoms with Crippen LogP contribution in [0.5, 0.6) is 0 Å². The highest BCUT2D eigenvalue weighted by Gasteiger charge is 2.21. The molecule has 0 saturated carbocycles. The topological polar surface area (TPSA) is 40.5 Å². The van der Waals surface area contributed by atoms with E-state index in [4.69, 9.17) is 5.11 Å². The first-order valence-electron chi connectivity index (χ1n) is 7.31. The van der Waals surface area contributed by atoms with E-state index in [9.17, 15) is 4.79 Å². The molecule has 0 aliphatic heterocycles. The number of carbonyl (C=O) groups excluding carboxylic acids is 1. The average Bonchev–Trinajstić information content (AvgIpc) is 2.40. The molecule has 1 rings (SSSR count). The first-order chi connectivity index (χ1) is 8.72. The highest BCUT2D eigenvalue weighted by molar-refractivity contribution is 5.79. The fourth-order valence-electron chi connectivity index (χ4n) is 2.71. The van der Waals surface area contributed by atoms with Crippen molar-refractivity contribution < 1.29 is 9.90 Å². The van der Waals surface area contributed by atoms with Crippen molar-refractivity contribution in [2.24, 2.45) is 0 Å². The summed E-state index contributed by atoms with van der Waals surface area (Å²) in [5.41, 5.74) is 1.29. The van der Waals surface area contributed by atoms with E-state index in [1.165, 1.54) is 18.4 Å². The van der Waals surface area contributed by atoms with Crippen LogP contribution >= 0.6 is 0 Å². The molecular formula is C15H27NO2. The number of amides is 1. The molecule has 0 aromatic rings. The molecule has 0 spiro atoms. The van der Waals surface area contributed by atoms with Crippen molar-refractivity contribution in [2.75, 3.05) is 13.2 Å². The van der Waals surface area contributed by atoms with Crippen LogP contribution in [0.2, 0.25) is 0 Å². The average molecular weight is 253 g/mol. The minimum atomic E-state index is 0.0568. The van der Waals surface area contributed by atoms with Crippen LogP contribution in [-0.4, -0.2) is 35.1 Å². The number of nitrogens with zero attached hydrogens (tertiary/aromatic N) is 1. The largest absolute Gasteiger partial charge is 0.395 e. The maximum atomic E-state index is 12.3. The van der Waals surface area contributed by atoms with Gasteiger partial charge in [-0.1, -0.05) is 25.5 Å². The lowest BCUT2D eigenvalue weighted by atomic mass is 9.96. The zero-order valence-electron chi connectivity index (χ0n) is 11.8. The van der Waals surface area contributed by atoms with E-state index in [0.717, 1.165) is 25.7 Å². The second kappa shape index (κ2) is 8.30. The molecule has 0 unspecified atom stereocenters. The molecule has 104 valence electrons. The summed E-state index contributed by atoms with van der Waals surface area (Å²) in [4.78, 5) is 14.2. The summed E-state index contributed by atoms with van der Waals surface area (Å²) in [5, 5.41) is 9.12. The Labute approximate surface area is 111 Å². The summed E-state index contributed by atoms with van der Waals surface area (Å²) in [6, 6.07) is 0.272. The molecule has 3 nitrogen and oxygen atoms in total. The molecule has 1 N–H and O–H groups in total. The third kappa shape index (κ3) is 4.45. The van der Waals surface area contributed by atoms with E-state index in [-0.39, 0.29) is 18.6 Å². The van der Waals surface area contributed by atoms with Gasteiger partial charge in [0.15, 0.2) is 0 Å². The highest BCUT2D eigenvalue weighted by atomic mass is 16.3. The maximum absolute atomic E-state index is 12.3. The zero-order valence-corrected chi connectivity index (χ0v) is 11.8. The van der Waals surface area contributed by atoms with Gasteiger partial charge in [0, 0.05) is 19.0 Å². The normalized spacial score (nSPS) is 15.7. The quantitative estimate of drug-likeness (QED) is 0.709. The van der Waals surface area contributed by atoms with Crippen LogP contribution in [0.25, 0.3) is 0 Å². The number of aliphatic hydroxyl groups is 1. The van der Waals surface area contributed by atoms with Gasteiger partial charge in [-0.15, -0.1) is 0 Å². The van der Waals surface area contributed by atoms with Gasteiger partial charge in [0.1, 0.15) is 0 Å². The molecule has 3 heteroatoms. The first-order valence-corrected chi connectivity index (χ1v) is 7.31. The molecule has 1 amide bonds. The Kier molecular flexibility index (Phi) is 7.02. The van der Waals surface area contributed by atoms with Gasteiger partial charge >= 0.3 is 0 Å². The molecule has 0 saturated heterocycles. The SMILES string of the molecule is CCC(CC)N(CCO)C(=O)CC1=CCCCC1. The lowest BCUT2D eigenvalue weighted by molar-refractivity contribution is -0.133. The lowest BCUT2D eigenvalue weighted by Crippen LogP contribution is -2.41. The van der Waals surface area contributed by atoms with E-state index in [0.29, 0.717) is 13.0 Å². The van der Waals surface area contributed by atoms with Gasteiger partial charge in [0.05, 0.1) is 6.61 Å². The Balaban J connectivity index is 2.60. The summed E-state index contributed by atoms with van der Waals surface area (Å²) in [7, 11) is 0. The fourth-order valence-corrected chi connectivity index (χ4v) is 2.71. The van der Waals surface area contributed by atoms with Crippen molar-refractivity contribution in [2.45, 2.75) is 64.8 Å². The number of allylic oxidation sites excluding steroid dienone is 1. The molecule has 0 aromatic carbocycles. The van der Waals surface area contributed by atoms with Crippen LogP contribution in [0.15, 0.2) is 11.6 Å². The molecule has 0 atom stereocenters. The molecule has 0 heterocycles. The van der Waals surface area contributed by atoms with E-state index in [1.807, 2.05) is 4.90 Å². The maximum Gasteiger partial charge on any atom is 0.226 e. The Hall–Kier alpha value is -0.830. The van der Waals surface area contributed by atoms with Crippen LogP contribution in [0, 0.1) is 0 Å². The Bertz CT molecular complexity index is 282. The predicted octanol–water partition coefficient (Wildman–Crippen LogP) is 2.89. The summed E-state index contributed by atoms with van der Waals surface area (Å²) in [6.07, 6.45) is 9.36. The highest BCUT2D eigenvalue weighted by Crippen LogP contribution is 2.22. The molecule has 1 aliphatic carbocycles. The Morgan fingerprint density at radius 1 is 1.39 bits per heavy atom. The predicted molar refractivity (Wildman–Crippen MR) is 74.3 cm³/mol. The molecule has 1 aliphatic rings. The first kappa shape index (κ1) is 15.2.